The van der Waals surface area contributed by atoms with Crippen molar-refractivity contribution < 1.29 is 22.7 Å². The summed E-state index contributed by atoms with van der Waals surface area (Å²) in [7, 11) is -2.01. The average molecular weight is 481 g/mol. The molecule has 3 rings (SSSR count). The Hall–Kier alpha value is -2.29. The number of amides is 1. The molecule has 0 bridgehead atoms. The first kappa shape index (κ1) is 24.4. The largest absolute Gasteiger partial charge is 0.493 e. The van der Waals surface area contributed by atoms with Crippen molar-refractivity contribution >= 4 is 27.5 Å². The molecule has 1 amide bonds. The fourth-order valence-electron chi connectivity index (χ4n) is 3.76. The summed E-state index contributed by atoms with van der Waals surface area (Å²) in [4.78, 5) is 13.0. The summed E-state index contributed by atoms with van der Waals surface area (Å²) < 4.78 is 38.0. The molecule has 32 heavy (non-hydrogen) atoms. The van der Waals surface area contributed by atoms with Crippen LogP contribution in [-0.4, -0.2) is 45.4 Å². The molecule has 1 N–H and O–H groups in total. The number of ether oxygens (including phenoxy) is 2. The zero-order valence-corrected chi connectivity index (χ0v) is 20.1. The van der Waals surface area contributed by atoms with Gasteiger partial charge in [-0.25, -0.2) is 8.42 Å². The molecule has 1 heterocycles. The highest BCUT2D eigenvalue weighted by atomic mass is 35.5. The van der Waals surface area contributed by atoms with Gasteiger partial charge >= 0.3 is 0 Å². The van der Waals surface area contributed by atoms with Crippen molar-refractivity contribution in [2.75, 3.05) is 26.8 Å². The Morgan fingerprint density at radius 1 is 1.16 bits per heavy atom. The lowest BCUT2D eigenvalue weighted by Gasteiger charge is -2.31. The summed E-state index contributed by atoms with van der Waals surface area (Å²) in [5.74, 6) is 0.963. The third-order valence-electron chi connectivity index (χ3n) is 5.62. The number of carbonyl (C=O) groups is 1. The van der Waals surface area contributed by atoms with Crippen LogP contribution in [-0.2, 0) is 14.8 Å². The topological polar surface area (TPSA) is 84.9 Å². The van der Waals surface area contributed by atoms with Gasteiger partial charge in [-0.15, -0.1) is 0 Å². The second-order valence-electron chi connectivity index (χ2n) is 7.71. The van der Waals surface area contributed by atoms with Gasteiger partial charge in [-0.05, 0) is 68.7 Å². The molecular weight excluding hydrogens is 452 g/mol. The van der Waals surface area contributed by atoms with E-state index in [1.807, 2.05) is 32.0 Å². The van der Waals surface area contributed by atoms with Crippen LogP contribution in [0.1, 0.15) is 38.3 Å². The number of carbonyl (C=O) groups excluding carboxylic acids is 1. The normalized spacial score (nSPS) is 16.4. The zero-order chi connectivity index (χ0) is 23.3. The Labute approximate surface area is 194 Å². The van der Waals surface area contributed by atoms with Crippen molar-refractivity contribution in [1.29, 1.82) is 0 Å². The van der Waals surface area contributed by atoms with Crippen molar-refractivity contribution in [3.63, 3.8) is 0 Å². The number of benzene rings is 2. The van der Waals surface area contributed by atoms with E-state index in [9.17, 15) is 13.2 Å². The summed E-state index contributed by atoms with van der Waals surface area (Å²) in [6.07, 6.45) is 0.940. The maximum atomic E-state index is 12.8. The Balaban J connectivity index is 1.59. The van der Waals surface area contributed by atoms with E-state index < -0.39 is 10.0 Å². The van der Waals surface area contributed by atoms with Crippen LogP contribution in [0.5, 0.6) is 11.5 Å². The molecule has 0 saturated carbocycles. The third-order valence-corrected chi connectivity index (χ3v) is 7.79. The molecule has 1 aliphatic heterocycles. The van der Waals surface area contributed by atoms with Crippen molar-refractivity contribution in [3.05, 3.63) is 53.1 Å². The number of methoxy groups -OCH3 is 1. The first-order valence-electron chi connectivity index (χ1n) is 10.6. The lowest BCUT2D eigenvalue weighted by molar-refractivity contribution is -0.126. The fraction of sp³-hybridized carbons (Fsp3) is 0.435. The Morgan fingerprint density at radius 3 is 2.41 bits per heavy atom. The van der Waals surface area contributed by atoms with E-state index in [0.29, 0.717) is 49.1 Å². The molecule has 0 spiro atoms. The van der Waals surface area contributed by atoms with Crippen LogP contribution in [0, 0.1) is 5.92 Å². The van der Waals surface area contributed by atoms with E-state index in [-0.39, 0.29) is 22.8 Å². The number of rotatable bonds is 8. The predicted molar refractivity (Wildman–Crippen MR) is 124 cm³/mol. The summed E-state index contributed by atoms with van der Waals surface area (Å²) in [5, 5.41) is 3.53. The monoisotopic (exact) mass is 480 g/mol. The van der Waals surface area contributed by atoms with E-state index in [0.717, 1.165) is 5.56 Å². The Bertz CT molecular complexity index is 1030. The minimum atomic E-state index is -3.59. The van der Waals surface area contributed by atoms with E-state index in [1.165, 1.54) is 16.4 Å². The van der Waals surface area contributed by atoms with E-state index in [4.69, 9.17) is 21.1 Å². The molecule has 9 heteroatoms. The summed E-state index contributed by atoms with van der Waals surface area (Å²) >= 11 is 5.86. The van der Waals surface area contributed by atoms with E-state index >= 15 is 0 Å². The van der Waals surface area contributed by atoms with Crippen LogP contribution in [0.4, 0.5) is 0 Å². The number of nitrogens with one attached hydrogen (secondary N) is 1. The van der Waals surface area contributed by atoms with Crippen molar-refractivity contribution in [2.24, 2.45) is 5.92 Å². The molecule has 1 saturated heterocycles. The third kappa shape index (κ3) is 5.54. The molecule has 7 nitrogen and oxygen atoms in total. The van der Waals surface area contributed by atoms with Crippen LogP contribution >= 0.6 is 11.6 Å². The van der Waals surface area contributed by atoms with Gasteiger partial charge in [0.25, 0.3) is 0 Å². The van der Waals surface area contributed by atoms with Gasteiger partial charge in [0.05, 0.1) is 24.7 Å². The van der Waals surface area contributed by atoms with Gasteiger partial charge < -0.3 is 14.8 Å². The van der Waals surface area contributed by atoms with E-state index in [2.05, 4.69) is 5.32 Å². The molecule has 2 aromatic carbocycles. The predicted octanol–water partition coefficient (Wildman–Crippen LogP) is 4.03. The molecule has 0 aliphatic carbocycles. The molecule has 1 fully saturated rings. The zero-order valence-electron chi connectivity index (χ0n) is 18.5. The van der Waals surface area contributed by atoms with Crippen LogP contribution < -0.4 is 14.8 Å². The van der Waals surface area contributed by atoms with Gasteiger partial charge in [0.1, 0.15) is 0 Å². The van der Waals surface area contributed by atoms with Gasteiger partial charge in [0.15, 0.2) is 11.5 Å². The fourth-order valence-corrected chi connectivity index (χ4v) is 5.35. The maximum Gasteiger partial charge on any atom is 0.243 e. The molecular formula is C23H29ClN2O5S. The highest BCUT2D eigenvalue weighted by Gasteiger charge is 2.32. The second-order valence-corrected chi connectivity index (χ2v) is 10.1. The van der Waals surface area contributed by atoms with Crippen molar-refractivity contribution in [3.8, 4) is 11.5 Å². The van der Waals surface area contributed by atoms with Crippen molar-refractivity contribution in [2.45, 2.75) is 37.6 Å². The number of hydrogen-bond donors (Lipinski definition) is 1. The Morgan fingerprint density at radius 2 is 1.81 bits per heavy atom. The summed E-state index contributed by atoms with van der Waals surface area (Å²) in [5.41, 5.74) is 0.904. The van der Waals surface area contributed by atoms with Crippen LogP contribution in [0.25, 0.3) is 0 Å². The van der Waals surface area contributed by atoms with Gasteiger partial charge in [0, 0.05) is 24.0 Å². The lowest BCUT2D eigenvalue weighted by Crippen LogP contribution is -2.43. The SMILES string of the molecule is CCOc1ccc(C(C)NC(=O)C2CCN(S(=O)(=O)c3ccc(Cl)cc3)CC2)cc1OC. The van der Waals surface area contributed by atoms with Gasteiger partial charge in [-0.2, -0.15) is 4.31 Å². The van der Waals surface area contributed by atoms with E-state index in [1.54, 1.807) is 19.2 Å². The lowest BCUT2D eigenvalue weighted by atomic mass is 9.96. The Kier molecular flexibility index (Phi) is 8.03. The van der Waals surface area contributed by atoms with Gasteiger partial charge in [-0.3, -0.25) is 4.79 Å². The minimum absolute atomic E-state index is 0.0751. The molecule has 1 aliphatic rings. The standard InChI is InChI=1S/C23H29ClN2O5S/c1-4-31-21-10-5-18(15-22(21)30-3)16(2)25-23(27)17-11-13-26(14-12-17)32(28,29)20-8-6-19(24)7-9-20/h5-10,15-17H,4,11-14H2,1-3H3,(H,25,27). The minimum Gasteiger partial charge on any atom is -0.493 e. The first-order chi connectivity index (χ1) is 15.3. The van der Waals surface area contributed by atoms with Crippen LogP contribution in [0.3, 0.4) is 0 Å². The smallest absolute Gasteiger partial charge is 0.243 e. The first-order valence-corrected chi connectivity index (χ1v) is 12.4. The van der Waals surface area contributed by atoms with Crippen molar-refractivity contribution in [1.82, 2.24) is 9.62 Å². The number of hydrogen-bond acceptors (Lipinski definition) is 5. The van der Waals surface area contributed by atoms with Gasteiger partial charge in [-0.1, -0.05) is 17.7 Å². The average Bonchev–Trinajstić information content (AvgIpc) is 2.79. The molecule has 0 radical (unpaired) electrons. The molecule has 1 unspecified atom stereocenters. The number of sulfonamides is 1. The molecule has 174 valence electrons. The highest BCUT2D eigenvalue weighted by Crippen LogP contribution is 2.31. The van der Waals surface area contributed by atoms with Crippen LogP contribution in [0.15, 0.2) is 47.4 Å². The van der Waals surface area contributed by atoms with Gasteiger partial charge in [0.2, 0.25) is 15.9 Å². The highest BCUT2D eigenvalue weighted by molar-refractivity contribution is 7.89. The molecule has 0 aromatic heterocycles. The summed E-state index contributed by atoms with van der Waals surface area (Å²) in [6.45, 7) is 4.95. The second kappa shape index (κ2) is 10.6. The molecule has 1 atom stereocenters. The quantitative estimate of drug-likeness (QED) is 0.616. The maximum absolute atomic E-state index is 12.8. The number of halogens is 1. The summed E-state index contributed by atoms with van der Waals surface area (Å²) in [6, 6.07) is 11.5. The number of nitrogens with zero attached hydrogens (tertiary/aromatic N) is 1. The molecule has 2 aromatic rings. The number of piperidine rings is 1. The van der Waals surface area contributed by atoms with Crippen LogP contribution in [0.2, 0.25) is 5.02 Å².